The zero-order valence-corrected chi connectivity index (χ0v) is 20.4. The van der Waals surface area contributed by atoms with Gasteiger partial charge in [-0.05, 0) is 48.9 Å². The summed E-state index contributed by atoms with van der Waals surface area (Å²) < 4.78 is 41.0. The van der Waals surface area contributed by atoms with Gasteiger partial charge in [0.2, 0.25) is 11.6 Å². The van der Waals surface area contributed by atoms with Crippen LogP contribution in [0.25, 0.3) is 0 Å². The number of hydrogen-bond donors (Lipinski definition) is 0. The SMILES string of the molecule is COCOc1c(OC)cc(C2COC(c3ccccc3[S@@+]([O-])c3ccc(C)cc3)=N2)cc1OC. The number of aliphatic imine (C=N–C) groups is 1. The summed E-state index contributed by atoms with van der Waals surface area (Å²) in [6.45, 7) is 2.41. The minimum atomic E-state index is -1.36. The van der Waals surface area contributed by atoms with Crippen molar-refractivity contribution in [1.29, 1.82) is 0 Å². The zero-order chi connectivity index (χ0) is 24.1. The molecule has 0 bridgehead atoms. The molecule has 0 saturated carbocycles. The molecule has 0 radical (unpaired) electrons. The number of benzene rings is 3. The molecule has 2 atom stereocenters. The van der Waals surface area contributed by atoms with E-state index in [0.717, 1.165) is 16.0 Å². The first-order valence-corrected chi connectivity index (χ1v) is 11.9. The van der Waals surface area contributed by atoms with Crippen molar-refractivity contribution < 1.29 is 28.2 Å². The van der Waals surface area contributed by atoms with Crippen LogP contribution in [0.3, 0.4) is 0 Å². The maximum atomic E-state index is 13.3. The molecule has 0 aromatic heterocycles. The van der Waals surface area contributed by atoms with E-state index >= 15 is 0 Å². The molecule has 1 aliphatic heterocycles. The molecular weight excluding hydrogens is 454 g/mol. The van der Waals surface area contributed by atoms with Crippen LogP contribution in [0.15, 0.2) is 75.4 Å². The maximum absolute atomic E-state index is 13.3. The van der Waals surface area contributed by atoms with E-state index in [9.17, 15) is 4.55 Å². The van der Waals surface area contributed by atoms with Gasteiger partial charge < -0.3 is 28.2 Å². The average molecular weight is 482 g/mol. The molecule has 0 saturated heterocycles. The Balaban J connectivity index is 1.66. The third-order valence-corrected chi connectivity index (χ3v) is 6.85. The Labute approximate surface area is 202 Å². The van der Waals surface area contributed by atoms with Crippen LogP contribution in [0.5, 0.6) is 17.2 Å². The van der Waals surface area contributed by atoms with Crippen LogP contribution in [0.4, 0.5) is 0 Å². The topological polar surface area (TPSA) is 81.6 Å². The van der Waals surface area contributed by atoms with Gasteiger partial charge in [-0.1, -0.05) is 29.8 Å². The van der Waals surface area contributed by atoms with Crippen molar-refractivity contribution in [3.05, 3.63) is 77.4 Å². The van der Waals surface area contributed by atoms with Crippen LogP contribution in [0.2, 0.25) is 0 Å². The van der Waals surface area contributed by atoms with Gasteiger partial charge in [0.15, 0.2) is 28.1 Å². The molecule has 0 spiro atoms. The Hall–Kier alpha value is -3.20. The molecule has 0 aliphatic carbocycles. The van der Waals surface area contributed by atoms with Crippen molar-refractivity contribution >= 4 is 17.1 Å². The zero-order valence-electron chi connectivity index (χ0n) is 19.6. The first kappa shape index (κ1) is 23.9. The molecule has 4 rings (SSSR count). The number of rotatable bonds is 9. The van der Waals surface area contributed by atoms with E-state index in [4.69, 9.17) is 28.7 Å². The van der Waals surface area contributed by atoms with Gasteiger partial charge in [-0.2, -0.15) is 0 Å². The standard InChI is InChI=1S/C26H27NO6S/c1-17-9-11-19(12-10-17)34(28)24-8-6-5-7-20(24)26-27-21(15-32-26)18-13-22(30-3)25(33-16-29-2)23(14-18)31-4/h5-14,21H,15-16H2,1-4H3/t21?,34-/m0/s1. The van der Waals surface area contributed by atoms with E-state index in [1.54, 1.807) is 21.3 Å². The second-order valence-corrected chi connectivity index (χ2v) is 9.09. The van der Waals surface area contributed by atoms with E-state index < -0.39 is 11.2 Å². The third kappa shape index (κ3) is 4.99. The summed E-state index contributed by atoms with van der Waals surface area (Å²) in [7, 11) is 4.67. The smallest absolute Gasteiger partial charge is 0.222 e. The number of nitrogens with zero attached hydrogens (tertiary/aromatic N) is 1. The monoisotopic (exact) mass is 481 g/mol. The van der Waals surface area contributed by atoms with E-state index in [-0.39, 0.29) is 12.8 Å². The molecule has 178 valence electrons. The second-order valence-electron chi connectivity index (χ2n) is 7.64. The molecule has 1 heterocycles. The molecule has 8 heteroatoms. The lowest BCUT2D eigenvalue weighted by Crippen LogP contribution is -2.11. The van der Waals surface area contributed by atoms with Gasteiger partial charge in [-0.25, -0.2) is 4.99 Å². The summed E-state index contributed by atoms with van der Waals surface area (Å²) in [6, 6.07) is 18.6. The Morgan fingerprint density at radius 3 is 2.32 bits per heavy atom. The molecule has 7 nitrogen and oxygen atoms in total. The lowest BCUT2D eigenvalue weighted by atomic mass is 10.1. The fourth-order valence-corrected chi connectivity index (χ4v) is 4.83. The van der Waals surface area contributed by atoms with Crippen molar-refractivity contribution in [3.8, 4) is 17.2 Å². The maximum Gasteiger partial charge on any atom is 0.222 e. The van der Waals surface area contributed by atoms with Crippen molar-refractivity contribution in [2.75, 3.05) is 34.7 Å². The van der Waals surface area contributed by atoms with Crippen LogP contribution in [0, 0.1) is 6.92 Å². The highest BCUT2D eigenvalue weighted by Gasteiger charge is 2.29. The van der Waals surface area contributed by atoms with E-state index in [2.05, 4.69) is 0 Å². The lowest BCUT2D eigenvalue weighted by molar-refractivity contribution is 0.0471. The van der Waals surface area contributed by atoms with Crippen molar-refractivity contribution in [1.82, 2.24) is 0 Å². The molecule has 0 amide bonds. The Morgan fingerprint density at radius 1 is 1.00 bits per heavy atom. The van der Waals surface area contributed by atoms with Gasteiger partial charge in [0, 0.05) is 18.3 Å². The number of hydrogen-bond acceptors (Lipinski definition) is 7. The number of ether oxygens (including phenoxy) is 5. The predicted octanol–water partition coefficient (Wildman–Crippen LogP) is 4.68. The van der Waals surface area contributed by atoms with Crippen molar-refractivity contribution in [2.24, 2.45) is 4.99 Å². The van der Waals surface area contributed by atoms with Crippen LogP contribution < -0.4 is 14.2 Å². The minimum Gasteiger partial charge on any atom is -0.606 e. The molecule has 3 aromatic carbocycles. The first-order chi connectivity index (χ1) is 16.5. The lowest BCUT2D eigenvalue weighted by Gasteiger charge is -2.16. The quantitative estimate of drug-likeness (QED) is 0.326. The summed E-state index contributed by atoms with van der Waals surface area (Å²) in [5.74, 6) is 1.93. The highest BCUT2D eigenvalue weighted by atomic mass is 32.2. The van der Waals surface area contributed by atoms with Gasteiger partial charge >= 0.3 is 0 Å². The Kier molecular flexibility index (Phi) is 7.62. The summed E-state index contributed by atoms with van der Waals surface area (Å²) in [5.41, 5.74) is 2.68. The van der Waals surface area contributed by atoms with Gasteiger partial charge in [-0.3, -0.25) is 0 Å². The van der Waals surface area contributed by atoms with Crippen LogP contribution in [0.1, 0.15) is 22.7 Å². The molecular formula is C26H27NO6S. The second kappa shape index (κ2) is 10.8. The fraction of sp³-hybridized carbons (Fsp3) is 0.269. The summed E-state index contributed by atoms with van der Waals surface area (Å²) in [6.07, 6.45) is 0. The highest BCUT2D eigenvalue weighted by Crippen LogP contribution is 2.41. The molecule has 34 heavy (non-hydrogen) atoms. The highest BCUT2D eigenvalue weighted by molar-refractivity contribution is 7.91. The molecule has 1 aliphatic rings. The largest absolute Gasteiger partial charge is 0.606 e. The van der Waals surface area contributed by atoms with Gasteiger partial charge in [-0.15, -0.1) is 0 Å². The van der Waals surface area contributed by atoms with E-state index in [1.165, 1.54) is 0 Å². The fourth-order valence-electron chi connectivity index (χ4n) is 3.64. The van der Waals surface area contributed by atoms with Crippen LogP contribution in [-0.2, 0) is 20.6 Å². The Bertz CT molecular complexity index is 1140. The van der Waals surface area contributed by atoms with Crippen LogP contribution in [-0.4, -0.2) is 45.2 Å². The number of methoxy groups -OCH3 is 3. The summed E-state index contributed by atoms with van der Waals surface area (Å²) in [4.78, 5) is 6.19. The Morgan fingerprint density at radius 2 is 1.68 bits per heavy atom. The normalized spacial score (nSPS) is 15.9. The van der Waals surface area contributed by atoms with E-state index in [1.807, 2.05) is 67.6 Å². The minimum absolute atomic E-state index is 0.0653. The van der Waals surface area contributed by atoms with Gasteiger partial charge in [0.05, 0.1) is 19.8 Å². The molecule has 0 fully saturated rings. The average Bonchev–Trinajstić information content (AvgIpc) is 3.37. The summed E-state index contributed by atoms with van der Waals surface area (Å²) >= 11 is -1.36. The summed E-state index contributed by atoms with van der Waals surface area (Å²) in [5, 5.41) is 0. The van der Waals surface area contributed by atoms with Gasteiger partial charge in [0.1, 0.15) is 12.6 Å². The van der Waals surface area contributed by atoms with Gasteiger partial charge in [0.25, 0.3) is 0 Å². The molecule has 0 N–H and O–H groups in total. The molecule has 3 aromatic rings. The van der Waals surface area contributed by atoms with Crippen molar-refractivity contribution in [3.63, 3.8) is 0 Å². The van der Waals surface area contributed by atoms with Crippen molar-refractivity contribution in [2.45, 2.75) is 22.8 Å². The van der Waals surface area contributed by atoms with Crippen LogP contribution >= 0.6 is 0 Å². The van der Waals surface area contributed by atoms with E-state index in [0.29, 0.717) is 40.2 Å². The predicted molar refractivity (Wildman–Crippen MR) is 130 cm³/mol. The third-order valence-electron chi connectivity index (χ3n) is 5.39. The number of aryl methyl sites for hydroxylation is 1. The molecule has 1 unspecified atom stereocenters. The first-order valence-electron chi connectivity index (χ1n) is 10.7.